The molecule has 0 spiro atoms. The molecule has 8 heteroatoms. The molecule has 1 aliphatic carbocycles. The lowest BCUT2D eigenvalue weighted by Crippen LogP contribution is -2.62. The van der Waals surface area contributed by atoms with Gasteiger partial charge in [0, 0.05) is 13.0 Å². The number of methoxy groups -OCH3 is 1. The maximum atomic E-state index is 13.0. The van der Waals surface area contributed by atoms with Gasteiger partial charge in [-0.1, -0.05) is 69.3 Å². The van der Waals surface area contributed by atoms with Crippen molar-refractivity contribution in [1.82, 2.24) is 10.6 Å². The van der Waals surface area contributed by atoms with Crippen molar-refractivity contribution in [2.24, 2.45) is 5.92 Å². The number of fused-ring (bicyclic) bond motifs is 3. The number of nitrogens with one attached hydrogen (secondary N) is 2. The van der Waals surface area contributed by atoms with Crippen molar-refractivity contribution in [2.75, 3.05) is 20.3 Å². The lowest BCUT2D eigenvalue weighted by Gasteiger charge is -2.31. The van der Waals surface area contributed by atoms with E-state index in [1.807, 2.05) is 36.4 Å². The van der Waals surface area contributed by atoms with Crippen LogP contribution in [0.2, 0.25) is 0 Å². The summed E-state index contributed by atoms with van der Waals surface area (Å²) in [5.41, 5.74) is 2.83. The van der Waals surface area contributed by atoms with E-state index in [0.717, 1.165) is 22.3 Å². The molecule has 2 amide bonds. The van der Waals surface area contributed by atoms with Crippen LogP contribution in [0.4, 0.5) is 4.79 Å². The molecule has 0 bridgehead atoms. The van der Waals surface area contributed by atoms with Crippen LogP contribution in [-0.2, 0) is 19.1 Å². The van der Waals surface area contributed by atoms with Crippen LogP contribution < -0.4 is 10.6 Å². The van der Waals surface area contributed by atoms with Gasteiger partial charge in [-0.2, -0.15) is 0 Å². The molecule has 0 saturated carbocycles. The predicted molar refractivity (Wildman–Crippen MR) is 128 cm³/mol. The van der Waals surface area contributed by atoms with Gasteiger partial charge in [-0.05, 0) is 34.6 Å². The number of carbonyl (C=O) groups is 3. The average molecular weight is 469 g/mol. The number of benzene rings is 2. The number of rotatable bonds is 10. The standard InChI is InChI=1S/C26H32N2O6/c1-5-26(15-33-4,24(30)31)28-23(29)22(16(2)3)27-25(32)34-14-21-19-12-8-6-10-17(19)18-11-7-9-13-20(18)21/h6-13,16,21-22H,5,14-15H2,1-4H3,(H,27,32)(H,28,29)(H,30,31). The fourth-order valence-electron chi connectivity index (χ4n) is 4.35. The van der Waals surface area contributed by atoms with Crippen LogP contribution in [0.25, 0.3) is 11.1 Å². The summed E-state index contributed by atoms with van der Waals surface area (Å²) in [6.45, 7) is 5.10. The van der Waals surface area contributed by atoms with Crippen LogP contribution in [0.15, 0.2) is 48.5 Å². The van der Waals surface area contributed by atoms with Crippen molar-refractivity contribution in [2.45, 2.75) is 44.7 Å². The number of carboxylic acids is 1. The fraction of sp³-hybridized carbons (Fsp3) is 0.423. The number of carboxylic acid groups (broad SMARTS) is 1. The molecule has 34 heavy (non-hydrogen) atoms. The topological polar surface area (TPSA) is 114 Å². The number of ether oxygens (including phenoxy) is 2. The minimum Gasteiger partial charge on any atom is -0.479 e. The molecule has 0 radical (unpaired) electrons. The molecule has 0 heterocycles. The number of hydrogen-bond donors (Lipinski definition) is 3. The molecule has 3 N–H and O–H groups in total. The normalized spacial score (nSPS) is 15.1. The van der Waals surface area contributed by atoms with Crippen molar-refractivity contribution >= 4 is 18.0 Å². The zero-order valence-electron chi connectivity index (χ0n) is 20.0. The molecule has 2 unspecified atom stereocenters. The van der Waals surface area contributed by atoms with Crippen LogP contribution in [0.5, 0.6) is 0 Å². The van der Waals surface area contributed by atoms with Gasteiger partial charge in [0.15, 0.2) is 5.54 Å². The van der Waals surface area contributed by atoms with Crippen LogP contribution in [-0.4, -0.2) is 55.0 Å². The van der Waals surface area contributed by atoms with E-state index in [1.165, 1.54) is 7.11 Å². The average Bonchev–Trinajstić information content (AvgIpc) is 3.14. The Balaban J connectivity index is 1.69. The molecule has 182 valence electrons. The lowest BCUT2D eigenvalue weighted by atomic mass is 9.95. The second-order valence-electron chi connectivity index (χ2n) is 8.85. The Labute approximate surface area is 199 Å². The third-order valence-electron chi connectivity index (χ3n) is 6.33. The summed E-state index contributed by atoms with van der Waals surface area (Å²) in [4.78, 5) is 37.5. The molecular weight excluding hydrogens is 436 g/mol. The fourth-order valence-corrected chi connectivity index (χ4v) is 4.35. The summed E-state index contributed by atoms with van der Waals surface area (Å²) in [5.74, 6) is -2.21. The Hall–Kier alpha value is -3.39. The maximum Gasteiger partial charge on any atom is 0.407 e. The van der Waals surface area contributed by atoms with Crippen LogP contribution in [0, 0.1) is 5.92 Å². The van der Waals surface area contributed by atoms with Crippen LogP contribution >= 0.6 is 0 Å². The second-order valence-corrected chi connectivity index (χ2v) is 8.85. The quantitative estimate of drug-likeness (QED) is 0.491. The molecule has 2 aromatic rings. The molecular formula is C26H32N2O6. The van der Waals surface area contributed by atoms with Gasteiger partial charge in [0.05, 0.1) is 6.61 Å². The van der Waals surface area contributed by atoms with Crippen molar-refractivity contribution in [3.05, 3.63) is 59.7 Å². The zero-order valence-corrected chi connectivity index (χ0v) is 20.0. The Kier molecular flexibility index (Phi) is 7.94. The van der Waals surface area contributed by atoms with Gasteiger partial charge >= 0.3 is 12.1 Å². The van der Waals surface area contributed by atoms with E-state index in [-0.39, 0.29) is 31.5 Å². The van der Waals surface area contributed by atoms with Gasteiger partial charge in [-0.25, -0.2) is 9.59 Å². The minimum absolute atomic E-state index is 0.106. The van der Waals surface area contributed by atoms with E-state index >= 15 is 0 Å². The van der Waals surface area contributed by atoms with Crippen LogP contribution in [0.3, 0.4) is 0 Å². The van der Waals surface area contributed by atoms with E-state index in [2.05, 4.69) is 22.8 Å². The van der Waals surface area contributed by atoms with Gasteiger partial charge < -0.3 is 25.2 Å². The SMILES string of the molecule is CCC(COC)(NC(=O)C(NC(=O)OCC1c2ccccc2-c2ccccc21)C(C)C)C(=O)O. The Bertz CT molecular complexity index is 1010. The first-order valence-electron chi connectivity index (χ1n) is 11.4. The molecule has 2 atom stereocenters. The minimum atomic E-state index is -1.58. The van der Waals surface area contributed by atoms with E-state index in [4.69, 9.17) is 9.47 Å². The number of hydrogen-bond acceptors (Lipinski definition) is 5. The van der Waals surface area contributed by atoms with Crippen molar-refractivity contribution in [3.63, 3.8) is 0 Å². The zero-order chi connectivity index (χ0) is 24.9. The van der Waals surface area contributed by atoms with Gasteiger partial charge in [0.1, 0.15) is 12.6 Å². The molecule has 1 aliphatic rings. The van der Waals surface area contributed by atoms with Crippen molar-refractivity contribution in [1.29, 1.82) is 0 Å². The van der Waals surface area contributed by atoms with E-state index < -0.39 is 29.6 Å². The molecule has 0 saturated heterocycles. The Morgan fingerprint density at radius 1 is 1.03 bits per heavy atom. The number of aliphatic carboxylic acids is 1. The van der Waals surface area contributed by atoms with E-state index in [1.54, 1.807) is 20.8 Å². The summed E-state index contributed by atoms with van der Waals surface area (Å²) >= 11 is 0. The van der Waals surface area contributed by atoms with Crippen molar-refractivity contribution in [3.8, 4) is 11.1 Å². The third-order valence-corrected chi connectivity index (χ3v) is 6.33. The van der Waals surface area contributed by atoms with Gasteiger partial charge in [-0.15, -0.1) is 0 Å². The van der Waals surface area contributed by atoms with E-state index in [0.29, 0.717) is 0 Å². The summed E-state index contributed by atoms with van der Waals surface area (Å²) in [6, 6.07) is 15.1. The number of amides is 2. The highest BCUT2D eigenvalue weighted by Gasteiger charge is 2.41. The smallest absolute Gasteiger partial charge is 0.407 e. The Morgan fingerprint density at radius 3 is 2.06 bits per heavy atom. The molecule has 0 aliphatic heterocycles. The van der Waals surface area contributed by atoms with Crippen LogP contribution in [0.1, 0.15) is 44.2 Å². The molecule has 3 rings (SSSR count). The Morgan fingerprint density at radius 2 is 1.59 bits per heavy atom. The van der Waals surface area contributed by atoms with Gasteiger partial charge in [0.25, 0.3) is 0 Å². The first kappa shape index (κ1) is 25.2. The summed E-state index contributed by atoms with van der Waals surface area (Å²) in [5, 5.41) is 14.8. The second kappa shape index (κ2) is 10.7. The predicted octanol–water partition coefficient (Wildman–Crippen LogP) is 3.55. The highest BCUT2D eigenvalue weighted by Crippen LogP contribution is 2.44. The maximum absolute atomic E-state index is 13.0. The van der Waals surface area contributed by atoms with Gasteiger partial charge in [0.2, 0.25) is 5.91 Å². The first-order chi connectivity index (χ1) is 16.2. The van der Waals surface area contributed by atoms with E-state index in [9.17, 15) is 19.5 Å². The van der Waals surface area contributed by atoms with Gasteiger partial charge in [-0.3, -0.25) is 4.79 Å². The summed E-state index contributed by atoms with van der Waals surface area (Å²) in [6.07, 6.45) is -0.614. The summed E-state index contributed by atoms with van der Waals surface area (Å²) in [7, 11) is 1.37. The van der Waals surface area contributed by atoms with Crippen molar-refractivity contribution < 1.29 is 29.0 Å². The highest BCUT2D eigenvalue weighted by molar-refractivity contribution is 5.91. The molecule has 0 aromatic heterocycles. The lowest BCUT2D eigenvalue weighted by molar-refractivity contribution is -0.151. The first-order valence-corrected chi connectivity index (χ1v) is 11.4. The molecule has 8 nitrogen and oxygen atoms in total. The third kappa shape index (κ3) is 5.07. The number of carbonyl (C=O) groups excluding carboxylic acids is 2. The highest BCUT2D eigenvalue weighted by atomic mass is 16.5. The summed E-state index contributed by atoms with van der Waals surface area (Å²) < 4.78 is 10.6. The largest absolute Gasteiger partial charge is 0.479 e. The molecule has 0 fully saturated rings. The molecule has 2 aromatic carbocycles. The monoisotopic (exact) mass is 468 g/mol. The number of alkyl carbamates (subject to hydrolysis) is 1.